The minimum atomic E-state index is -2.86. The molecule has 1 saturated heterocycles. The summed E-state index contributed by atoms with van der Waals surface area (Å²) in [5.74, 6) is 0.311. The van der Waals surface area contributed by atoms with E-state index in [1.807, 2.05) is 0 Å². The van der Waals surface area contributed by atoms with Crippen LogP contribution >= 0.6 is 0 Å². The number of hydrogen-bond donors (Lipinski definition) is 1. The molecule has 0 bridgehead atoms. The highest BCUT2D eigenvalue weighted by Crippen LogP contribution is 1.94. The Morgan fingerprint density at radius 3 is 2.33 bits per heavy atom. The third-order valence-electron chi connectivity index (χ3n) is 1.56. The molecule has 0 radical (unpaired) electrons. The van der Waals surface area contributed by atoms with Crippen molar-refractivity contribution in [3.8, 4) is 0 Å². The fourth-order valence-electron chi connectivity index (χ4n) is 0.914. The molecule has 1 N–H and O–H groups in total. The molecule has 3 nitrogen and oxygen atoms in total. The van der Waals surface area contributed by atoms with Gasteiger partial charge in [0.05, 0.1) is 12.3 Å². The van der Waals surface area contributed by atoms with Crippen molar-refractivity contribution in [1.29, 1.82) is 0 Å². The van der Waals surface area contributed by atoms with Gasteiger partial charge in [0.25, 0.3) is 10.0 Å². The predicted molar refractivity (Wildman–Crippen MR) is 34.2 cm³/mol. The highest BCUT2D eigenvalue weighted by Gasteiger charge is 2.20. The van der Waals surface area contributed by atoms with Crippen LogP contribution in [0.5, 0.6) is 0 Å². The molecule has 4 heteroatoms. The number of hydrogen-bond acceptors (Lipinski definition) is 2. The first-order chi connectivity index (χ1) is 4.13. The van der Waals surface area contributed by atoms with Gasteiger partial charge < -0.3 is 4.31 Å². The Morgan fingerprint density at radius 2 is 2.00 bits per heavy atom. The zero-order chi connectivity index (χ0) is 6.91. The predicted octanol–water partition coefficient (Wildman–Crippen LogP) is -1.21. The van der Waals surface area contributed by atoms with Gasteiger partial charge in [0, 0.05) is 0 Å². The van der Waals surface area contributed by atoms with Crippen LogP contribution in [0.4, 0.5) is 0 Å². The van der Waals surface area contributed by atoms with E-state index in [0.29, 0.717) is 16.6 Å². The van der Waals surface area contributed by atoms with Gasteiger partial charge in [-0.3, -0.25) is 0 Å². The Labute approximate surface area is 55.7 Å². The fraction of sp³-hybridized carbons (Fsp3) is 0.800. The molecule has 0 saturated carbocycles. The van der Waals surface area contributed by atoms with Crippen molar-refractivity contribution in [2.24, 2.45) is 0 Å². The van der Waals surface area contributed by atoms with Crippen molar-refractivity contribution in [3.63, 3.8) is 0 Å². The molecular formula is C5H11NO2S. The lowest BCUT2D eigenvalue weighted by molar-refractivity contribution is -0.716. The van der Waals surface area contributed by atoms with E-state index in [9.17, 15) is 8.42 Å². The Balaban J connectivity index is 2.72. The van der Waals surface area contributed by atoms with Gasteiger partial charge in [-0.05, 0) is 12.8 Å². The maximum absolute atomic E-state index is 10.9. The summed E-state index contributed by atoms with van der Waals surface area (Å²) < 4.78 is 22.2. The largest absolute Gasteiger partial charge is 0.361 e. The quantitative estimate of drug-likeness (QED) is 0.439. The van der Waals surface area contributed by atoms with E-state index in [4.69, 9.17) is 0 Å². The number of nitrogens with one attached hydrogen (secondary N) is 1. The van der Waals surface area contributed by atoms with Gasteiger partial charge in [-0.2, -0.15) is 8.42 Å². The first-order valence-corrected chi connectivity index (χ1v) is 4.69. The van der Waals surface area contributed by atoms with Crippen LogP contribution in [0.15, 0.2) is 0 Å². The van der Waals surface area contributed by atoms with Crippen molar-refractivity contribution in [2.75, 3.05) is 12.3 Å². The SMILES string of the molecule is [CH2-][NH+]1CCCCS1(=O)=O. The summed E-state index contributed by atoms with van der Waals surface area (Å²) in [6, 6.07) is 0. The van der Waals surface area contributed by atoms with Gasteiger partial charge in [-0.1, -0.05) is 0 Å². The summed E-state index contributed by atoms with van der Waals surface area (Å²) in [5.41, 5.74) is 0. The van der Waals surface area contributed by atoms with Crippen LogP contribution in [0.1, 0.15) is 12.8 Å². The standard InChI is InChI=1S/C5H11NO2S/c1-6-4-2-3-5-9(6,7)8/h6H,1-5H2. The van der Waals surface area contributed by atoms with Crippen LogP contribution in [-0.4, -0.2) is 20.7 Å². The lowest BCUT2D eigenvalue weighted by Gasteiger charge is -2.24. The second-order valence-electron chi connectivity index (χ2n) is 2.31. The Morgan fingerprint density at radius 1 is 1.33 bits per heavy atom. The molecule has 1 heterocycles. The number of sulfonamides is 1. The molecule has 1 rings (SSSR count). The zero-order valence-corrected chi connectivity index (χ0v) is 6.08. The fourth-order valence-corrected chi connectivity index (χ4v) is 2.24. The average molecular weight is 149 g/mol. The second kappa shape index (κ2) is 2.27. The second-order valence-corrected chi connectivity index (χ2v) is 4.53. The molecule has 1 aliphatic heterocycles. The minimum Gasteiger partial charge on any atom is -0.361 e. The lowest BCUT2D eigenvalue weighted by Crippen LogP contribution is -3.10. The van der Waals surface area contributed by atoms with Crippen molar-refractivity contribution in [2.45, 2.75) is 12.8 Å². The Bertz CT molecular complexity index is 185. The van der Waals surface area contributed by atoms with E-state index < -0.39 is 10.0 Å². The molecule has 0 spiro atoms. The topological polar surface area (TPSA) is 38.6 Å². The van der Waals surface area contributed by atoms with E-state index >= 15 is 0 Å². The Kier molecular flexibility index (Phi) is 1.77. The monoisotopic (exact) mass is 149 g/mol. The molecule has 54 valence electrons. The van der Waals surface area contributed by atoms with Crippen molar-refractivity contribution in [3.05, 3.63) is 7.05 Å². The maximum atomic E-state index is 10.9. The van der Waals surface area contributed by atoms with Gasteiger partial charge in [0.2, 0.25) is 0 Å². The van der Waals surface area contributed by atoms with E-state index in [1.54, 1.807) is 0 Å². The van der Waals surface area contributed by atoms with Crippen LogP contribution < -0.4 is 4.31 Å². The van der Waals surface area contributed by atoms with Crippen molar-refractivity contribution < 1.29 is 12.7 Å². The third-order valence-corrected chi connectivity index (χ3v) is 3.47. The summed E-state index contributed by atoms with van der Waals surface area (Å²) in [6.07, 6.45) is 1.79. The summed E-state index contributed by atoms with van der Waals surface area (Å²) in [6.45, 7) is 0.669. The molecular weight excluding hydrogens is 138 g/mol. The first-order valence-electron chi connectivity index (χ1n) is 3.03. The van der Waals surface area contributed by atoms with E-state index in [-0.39, 0.29) is 0 Å². The lowest BCUT2D eigenvalue weighted by atomic mass is 10.3. The minimum absolute atomic E-state index is 0.311. The molecule has 0 amide bonds. The van der Waals surface area contributed by atoms with Gasteiger partial charge in [0.1, 0.15) is 0 Å². The number of quaternary nitrogens is 1. The highest BCUT2D eigenvalue weighted by molar-refractivity contribution is 7.85. The molecule has 1 fully saturated rings. The zero-order valence-electron chi connectivity index (χ0n) is 5.26. The summed E-state index contributed by atoms with van der Waals surface area (Å²) >= 11 is 0. The van der Waals surface area contributed by atoms with Crippen molar-refractivity contribution >= 4 is 10.0 Å². The van der Waals surface area contributed by atoms with E-state index in [0.717, 1.165) is 12.8 Å². The molecule has 0 aliphatic carbocycles. The average Bonchev–Trinajstić information content (AvgIpc) is 1.77. The van der Waals surface area contributed by atoms with E-state index in [2.05, 4.69) is 7.05 Å². The molecule has 1 unspecified atom stereocenters. The molecule has 1 atom stereocenters. The first kappa shape index (κ1) is 7.02. The summed E-state index contributed by atoms with van der Waals surface area (Å²) in [4.78, 5) is 0. The normalized spacial score (nSPS) is 34.1. The number of rotatable bonds is 0. The summed E-state index contributed by atoms with van der Waals surface area (Å²) in [7, 11) is 0.623. The highest BCUT2D eigenvalue weighted by atomic mass is 32.2. The smallest absolute Gasteiger partial charge is 0.271 e. The molecule has 0 aromatic rings. The van der Waals surface area contributed by atoms with Gasteiger partial charge in [0.15, 0.2) is 0 Å². The van der Waals surface area contributed by atoms with Gasteiger partial charge in [-0.15, -0.1) is 7.05 Å². The molecule has 0 aromatic carbocycles. The molecule has 0 aromatic heterocycles. The van der Waals surface area contributed by atoms with Gasteiger partial charge >= 0.3 is 0 Å². The van der Waals surface area contributed by atoms with Crippen LogP contribution in [0.25, 0.3) is 0 Å². The molecule has 9 heavy (non-hydrogen) atoms. The molecule has 1 aliphatic rings. The van der Waals surface area contributed by atoms with E-state index in [1.165, 1.54) is 0 Å². The Hall–Kier alpha value is -0.0900. The van der Waals surface area contributed by atoms with Crippen molar-refractivity contribution in [1.82, 2.24) is 0 Å². The third kappa shape index (κ3) is 1.43. The van der Waals surface area contributed by atoms with Crippen LogP contribution in [0.2, 0.25) is 0 Å². The van der Waals surface area contributed by atoms with Crippen LogP contribution in [0.3, 0.4) is 0 Å². The van der Waals surface area contributed by atoms with Crippen LogP contribution in [-0.2, 0) is 10.0 Å². The maximum Gasteiger partial charge on any atom is 0.271 e. The van der Waals surface area contributed by atoms with Crippen LogP contribution in [0, 0.1) is 7.05 Å². The summed E-state index contributed by atoms with van der Waals surface area (Å²) in [5, 5.41) is 0. The van der Waals surface area contributed by atoms with Gasteiger partial charge in [-0.25, -0.2) is 0 Å².